The van der Waals surface area contributed by atoms with Crippen molar-refractivity contribution in [1.82, 2.24) is 10.6 Å². The monoisotopic (exact) mass is 285 g/mol. The summed E-state index contributed by atoms with van der Waals surface area (Å²) in [6.45, 7) is 2.59. The molecular weight excluding hydrogens is 258 g/mol. The fraction of sp³-hybridized carbons (Fsp3) is 0.857. The largest absolute Gasteiger partial charge is 0.383 e. The normalized spacial score (nSPS) is 23.9. The minimum atomic E-state index is -0.529. The number of hydrogen-bond donors (Lipinski definition) is 3. The number of amides is 2. The van der Waals surface area contributed by atoms with Gasteiger partial charge >= 0.3 is 0 Å². The van der Waals surface area contributed by atoms with Crippen LogP contribution in [-0.2, 0) is 14.3 Å². The van der Waals surface area contributed by atoms with Gasteiger partial charge in [0.15, 0.2) is 0 Å². The Kier molecular flexibility index (Phi) is 7.54. The quantitative estimate of drug-likeness (QED) is 0.581. The van der Waals surface area contributed by atoms with E-state index in [1.165, 1.54) is 0 Å². The van der Waals surface area contributed by atoms with Crippen LogP contribution in [0.15, 0.2) is 0 Å². The first kappa shape index (κ1) is 16.9. The van der Waals surface area contributed by atoms with Crippen molar-refractivity contribution < 1.29 is 14.3 Å². The minimum Gasteiger partial charge on any atom is -0.383 e. The van der Waals surface area contributed by atoms with Gasteiger partial charge in [-0.3, -0.25) is 9.59 Å². The zero-order valence-corrected chi connectivity index (χ0v) is 12.5. The van der Waals surface area contributed by atoms with E-state index in [9.17, 15) is 9.59 Å². The number of nitrogens with two attached hydrogens (primary N) is 1. The van der Waals surface area contributed by atoms with Crippen molar-refractivity contribution in [3.05, 3.63) is 0 Å². The summed E-state index contributed by atoms with van der Waals surface area (Å²) in [5.74, 6) is -0.0439. The lowest BCUT2D eigenvalue weighted by molar-refractivity contribution is -0.129. The molecule has 4 N–H and O–H groups in total. The van der Waals surface area contributed by atoms with Gasteiger partial charge in [0, 0.05) is 26.1 Å². The summed E-state index contributed by atoms with van der Waals surface area (Å²) in [6.07, 6.45) is 4.70. The number of rotatable bonds is 7. The summed E-state index contributed by atoms with van der Waals surface area (Å²) < 4.78 is 4.85. The Morgan fingerprint density at radius 3 is 2.70 bits per heavy atom. The van der Waals surface area contributed by atoms with Crippen LogP contribution in [0.3, 0.4) is 0 Å². The van der Waals surface area contributed by atoms with Crippen molar-refractivity contribution in [2.75, 3.05) is 20.3 Å². The Labute approximate surface area is 120 Å². The molecule has 3 unspecified atom stereocenters. The van der Waals surface area contributed by atoms with Crippen molar-refractivity contribution >= 4 is 11.8 Å². The molecule has 1 rings (SSSR count). The smallest absolute Gasteiger partial charge is 0.242 e. The minimum absolute atomic E-state index is 0.0956. The summed E-state index contributed by atoms with van der Waals surface area (Å²) in [5, 5.41) is 5.42. The van der Waals surface area contributed by atoms with Crippen LogP contribution in [0.2, 0.25) is 0 Å². The highest BCUT2D eigenvalue weighted by molar-refractivity contribution is 5.87. The van der Waals surface area contributed by atoms with E-state index < -0.39 is 6.04 Å². The molecule has 1 fully saturated rings. The van der Waals surface area contributed by atoms with E-state index in [1.807, 2.05) is 0 Å². The molecule has 1 aliphatic carbocycles. The fourth-order valence-corrected chi connectivity index (χ4v) is 2.52. The highest BCUT2D eigenvalue weighted by Crippen LogP contribution is 2.25. The average Bonchev–Trinajstić information content (AvgIpc) is 2.41. The third kappa shape index (κ3) is 5.88. The predicted octanol–water partition coefficient (Wildman–Crippen LogP) is 0.161. The zero-order chi connectivity index (χ0) is 15.0. The number of carbonyl (C=O) groups is 2. The first-order valence-electron chi connectivity index (χ1n) is 7.36. The van der Waals surface area contributed by atoms with Gasteiger partial charge in [-0.25, -0.2) is 0 Å². The molecule has 1 aliphatic rings. The maximum atomic E-state index is 11.9. The first-order valence-corrected chi connectivity index (χ1v) is 7.36. The molecule has 0 heterocycles. The van der Waals surface area contributed by atoms with E-state index in [-0.39, 0.29) is 23.8 Å². The van der Waals surface area contributed by atoms with Crippen LogP contribution in [0.1, 0.15) is 39.0 Å². The average molecular weight is 285 g/mol. The van der Waals surface area contributed by atoms with E-state index in [2.05, 4.69) is 10.6 Å². The van der Waals surface area contributed by atoms with Crippen molar-refractivity contribution in [2.24, 2.45) is 11.7 Å². The fourth-order valence-electron chi connectivity index (χ4n) is 2.52. The first-order chi connectivity index (χ1) is 9.54. The van der Waals surface area contributed by atoms with Crippen molar-refractivity contribution in [2.45, 2.75) is 51.1 Å². The van der Waals surface area contributed by atoms with E-state index in [0.717, 1.165) is 25.7 Å². The molecule has 6 heteroatoms. The van der Waals surface area contributed by atoms with Crippen molar-refractivity contribution in [3.63, 3.8) is 0 Å². The molecule has 6 nitrogen and oxygen atoms in total. The third-order valence-corrected chi connectivity index (χ3v) is 3.79. The molecule has 0 aromatic heterocycles. The topological polar surface area (TPSA) is 93.5 Å². The lowest BCUT2D eigenvalue weighted by Gasteiger charge is -2.28. The maximum absolute atomic E-state index is 11.9. The van der Waals surface area contributed by atoms with Gasteiger partial charge in [0.25, 0.3) is 0 Å². The Morgan fingerprint density at radius 2 is 2.05 bits per heavy atom. The molecule has 3 atom stereocenters. The number of nitrogens with one attached hydrogen (secondary N) is 2. The lowest BCUT2D eigenvalue weighted by Crippen LogP contribution is -2.46. The van der Waals surface area contributed by atoms with Gasteiger partial charge in [0.1, 0.15) is 6.04 Å². The highest BCUT2D eigenvalue weighted by Gasteiger charge is 2.25. The van der Waals surface area contributed by atoms with E-state index in [1.54, 1.807) is 14.0 Å². The summed E-state index contributed by atoms with van der Waals surface area (Å²) in [5.41, 5.74) is 6.03. The van der Waals surface area contributed by atoms with Gasteiger partial charge in [-0.1, -0.05) is 12.8 Å². The second kappa shape index (κ2) is 8.92. The summed E-state index contributed by atoms with van der Waals surface area (Å²) >= 11 is 0. The van der Waals surface area contributed by atoms with Gasteiger partial charge < -0.3 is 21.1 Å². The summed E-state index contributed by atoms with van der Waals surface area (Å²) in [7, 11) is 1.57. The molecule has 0 saturated heterocycles. The van der Waals surface area contributed by atoms with Gasteiger partial charge in [-0.05, 0) is 25.7 Å². The second-order valence-electron chi connectivity index (χ2n) is 5.49. The molecular formula is C14H27N3O3. The van der Waals surface area contributed by atoms with Gasteiger partial charge in [0.2, 0.25) is 11.8 Å². The van der Waals surface area contributed by atoms with Crippen LogP contribution in [0.25, 0.3) is 0 Å². The Hall–Kier alpha value is -1.14. The number of methoxy groups -OCH3 is 1. The molecule has 20 heavy (non-hydrogen) atoms. The Balaban J connectivity index is 2.28. The number of ether oxygens (including phenoxy) is 1. The number of hydrogen-bond acceptors (Lipinski definition) is 4. The zero-order valence-electron chi connectivity index (χ0n) is 12.5. The third-order valence-electron chi connectivity index (χ3n) is 3.79. The molecule has 0 radical (unpaired) electrons. The number of carbonyl (C=O) groups excluding carboxylic acids is 2. The maximum Gasteiger partial charge on any atom is 0.242 e. The van der Waals surface area contributed by atoms with Crippen LogP contribution < -0.4 is 16.4 Å². The molecule has 0 bridgehead atoms. The molecule has 0 spiro atoms. The van der Waals surface area contributed by atoms with Crippen LogP contribution in [0.5, 0.6) is 0 Å². The molecule has 116 valence electrons. The van der Waals surface area contributed by atoms with E-state index in [0.29, 0.717) is 19.6 Å². The molecule has 2 amide bonds. The predicted molar refractivity (Wildman–Crippen MR) is 77.0 cm³/mol. The SMILES string of the molecule is COCCNC(=O)C(C)NC(=O)CC1CCCCC1N. The van der Waals surface area contributed by atoms with Crippen molar-refractivity contribution in [1.29, 1.82) is 0 Å². The highest BCUT2D eigenvalue weighted by atomic mass is 16.5. The Morgan fingerprint density at radius 1 is 1.35 bits per heavy atom. The van der Waals surface area contributed by atoms with Gasteiger partial charge in [-0.15, -0.1) is 0 Å². The van der Waals surface area contributed by atoms with E-state index >= 15 is 0 Å². The molecule has 0 aromatic carbocycles. The van der Waals surface area contributed by atoms with Crippen LogP contribution in [-0.4, -0.2) is 44.2 Å². The Bertz CT molecular complexity index is 323. The molecule has 0 aromatic rings. The van der Waals surface area contributed by atoms with Crippen molar-refractivity contribution in [3.8, 4) is 0 Å². The van der Waals surface area contributed by atoms with Gasteiger partial charge in [-0.2, -0.15) is 0 Å². The summed E-state index contributed by atoms with van der Waals surface area (Å²) in [4.78, 5) is 23.6. The standard InChI is InChI=1S/C14H27N3O3/c1-10(14(19)16-7-8-20-2)17-13(18)9-11-5-3-4-6-12(11)15/h10-12H,3-9,15H2,1-2H3,(H,16,19)(H,17,18). The lowest BCUT2D eigenvalue weighted by atomic mass is 9.83. The van der Waals surface area contributed by atoms with Crippen LogP contribution in [0.4, 0.5) is 0 Å². The molecule has 0 aliphatic heterocycles. The van der Waals surface area contributed by atoms with Gasteiger partial charge in [0.05, 0.1) is 6.61 Å². The second-order valence-corrected chi connectivity index (χ2v) is 5.49. The van der Waals surface area contributed by atoms with Crippen LogP contribution >= 0.6 is 0 Å². The summed E-state index contributed by atoms with van der Waals surface area (Å²) in [6, 6.07) is -0.417. The van der Waals surface area contributed by atoms with Crippen LogP contribution in [0, 0.1) is 5.92 Å². The van der Waals surface area contributed by atoms with E-state index in [4.69, 9.17) is 10.5 Å². The molecule has 1 saturated carbocycles.